The Morgan fingerprint density at radius 1 is 1.44 bits per heavy atom. The van der Waals surface area contributed by atoms with Crippen LogP contribution in [0.3, 0.4) is 0 Å². The van der Waals surface area contributed by atoms with E-state index in [9.17, 15) is 0 Å². The van der Waals surface area contributed by atoms with Gasteiger partial charge in [0.05, 0.1) is 12.8 Å². The molecule has 1 saturated heterocycles. The fourth-order valence-corrected chi connectivity index (χ4v) is 3.16. The summed E-state index contributed by atoms with van der Waals surface area (Å²) >= 11 is 6.16. The van der Waals surface area contributed by atoms with Gasteiger partial charge >= 0.3 is 0 Å². The molecule has 7 heteroatoms. The van der Waals surface area contributed by atoms with Crippen molar-refractivity contribution in [2.45, 2.75) is 18.9 Å². The minimum Gasteiger partial charge on any atom is -0.495 e. The maximum atomic E-state index is 6.16. The number of anilines is 1. The van der Waals surface area contributed by atoms with Crippen LogP contribution in [-0.4, -0.2) is 71.3 Å². The van der Waals surface area contributed by atoms with Gasteiger partial charge in [0.15, 0.2) is 5.96 Å². The quantitative estimate of drug-likeness (QED) is 0.439. The summed E-state index contributed by atoms with van der Waals surface area (Å²) < 4.78 is 5.47. The van der Waals surface area contributed by atoms with Crippen LogP contribution in [0.15, 0.2) is 23.2 Å². The number of nitrogens with one attached hydrogen (secondary N) is 2. The van der Waals surface area contributed by atoms with Crippen molar-refractivity contribution < 1.29 is 4.74 Å². The van der Waals surface area contributed by atoms with Crippen molar-refractivity contribution >= 4 is 23.2 Å². The Labute approximate surface area is 156 Å². The van der Waals surface area contributed by atoms with Crippen LogP contribution >= 0.6 is 11.6 Å². The molecule has 1 heterocycles. The summed E-state index contributed by atoms with van der Waals surface area (Å²) in [7, 11) is 7.68. The Balaban J connectivity index is 1.86. The fraction of sp³-hybridized carbons (Fsp3) is 0.611. The Morgan fingerprint density at radius 3 is 2.92 bits per heavy atom. The third kappa shape index (κ3) is 5.97. The Morgan fingerprint density at radius 2 is 2.24 bits per heavy atom. The summed E-state index contributed by atoms with van der Waals surface area (Å²) in [5.74, 6) is 1.72. The number of halogens is 1. The molecular weight excluding hydrogens is 338 g/mol. The molecule has 0 radical (unpaired) electrons. The van der Waals surface area contributed by atoms with E-state index >= 15 is 0 Å². The third-order valence-electron chi connectivity index (χ3n) is 4.31. The van der Waals surface area contributed by atoms with Gasteiger partial charge in [0, 0.05) is 37.7 Å². The van der Waals surface area contributed by atoms with Gasteiger partial charge in [0.1, 0.15) is 5.75 Å². The molecule has 1 aliphatic heterocycles. The van der Waals surface area contributed by atoms with E-state index in [1.807, 2.05) is 25.2 Å². The van der Waals surface area contributed by atoms with Crippen LogP contribution in [-0.2, 0) is 0 Å². The molecule has 2 rings (SSSR count). The number of hydrogen-bond acceptors (Lipinski definition) is 4. The van der Waals surface area contributed by atoms with Crippen molar-refractivity contribution in [2.24, 2.45) is 4.99 Å². The fourth-order valence-electron chi connectivity index (χ4n) is 3.00. The standard InChI is InChI=1S/C18H30ClN5O/c1-20-18(21-9-5-10-23(2)3)22-15-8-11-24(13-15)16-12-14(19)6-7-17(16)25-4/h6-7,12,15H,5,8-11,13H2,1-4H3,(H2,20,21,22). The van der Waals surface area contributed by atoms with Gasteiger partial charge in [-0.1, -0.05) is 11.6 Å². The first-order valence-corrected chi connectivity index (χ1v) is 9.11. The van der Waals surface area contributed by atoms with E-state index in [1.165, 1.54) is 0 Å². The normalized spacial score (nSPS) is 17.9. The van der Waals surface area contributed by atoms with Gasteiger partial charge in [0.25, 0.3) is 0 Å². The van der Waals surface area contributed by atoms with Crippen molar-refractivity contribution in [2.75, 3.05) is 59.3 Å². The zero-order chi connectivity index (χ0) is 18.2. The zero-order valence-corrected chi connectivity index (χ0v) is 16.4. The molecule has 0 bridgehead atoms. The Kier molecular flexibility index (Phi) is 7.65. The van der Waals surface area contributed by atoms with E-state index in [1.54, 1.807) is 7.11 Å². The second kappa shape index (κ2) is 9.73. The van der Waals surface area contributed by atoms with Gasteiger partial charge < -0.3 is 25.2 Å². The lowest BCUT2D eigenvalue weighted by atomic mass is 10.2. The number of benzene rings is 1. The monoisotopic (exact) mass is 367 g/mol. The maximum Gasteiger partial charge on any atom is 0.191 e. The molecule has 2 N–H and O–H groups in total. The van der Waals surface area contributed by atoms with Crippen LogP contribution in [0.2, 0.25) is 5.02 Å². The molecule has 0 amide bonds. The predicted molar refractivity (Wildman–Crippen MR) is 106 cm³/mol. The highest BCUT2D eigenvalue weighted by atomic mass is 35.5. The lowest BCUT2D eigenvalue weighted by Crippen LogP contribution is -2.45. The summed E-state index contributed by atoms with van der Waals surface area (Å²) in [6.07, 6.45) is 2.14. The number of guanidine groups is 1. The SMILES string of the molecule is CN=C(NCCCN(C)C)NC1CCN(c2cc(Cl)ccc2OC)C1. The van der Waals surface area contributed by atoms with Crippen molar-refractivity contribution in [3.05, 3.63) is 23.2 Å². The van der Waals surface area contributed by atoms with Gasteiger partial charge in [-0.25, -0.2) is 0 Å². The van der Waals surface area contributed by atoms with Gasteiger partial charge in [-0.05, 0) is 51.7 Å². The van der Waals surface area contributed by atoms with Crippen molar-refractivity contribution in [1.82, 2.24) is 15.5 Å². The van der Waals surface area contributed by atoms with E-state index in [0.29, 0.717) is 6.04 Å². The molecule has 1 atom stereocenters. The first-order chi connectivity index (χ1) is 12.0. The van der Waals surface area contributed by atoms with Crippen LogP contribution in [0, 0.1) is 0 Å². The summed E-state index contributed by atoms with van der Waals surface area (Å²) in [5, 5.41) is 7.63. The van der Waals surface area contributed by atoms with Crippen molar-refractivity contribution in [1.29, 1.82) is 0 Å². The van der Waals surface area contributed by atoms with Crippen LogP contribution < -0.4 is 20.3 Å². The zero-order valence-electron chi connectivity index (χ0n) is 15.7. The average Bonchev–Trinajstić information content (AvgIpc) is 3.05. The Hall–Kier alpha value is -1.66. The number of rotatable bonds is 7. The summed E-state index contributed by atoms with van der Waals surface area (Å²) in [6.45, 7) is 3.84. The molecule has 1 fully saturated rings. The molecule has 25 heavy (non-hydrogen) atoms. The number of methoxy groups -OCH3 is 1. The predicted octanol–water partition coefficient (Wildman–Crippen LogP) is 2.04. The van der Waals surface area contributed by atoms with E-state index in [4.69, 9.17) is 16.3 Å². The lowest BCUT2D eigenvalue weighted by molar-refractivity contribution is 0.399. The molecule has 0 spiro atoms. The van der Waals surface area contributed by atoms with Gasteiger partial charge in [0.2, 0.25) is 0 Å². The number of ether oxygens (including phenoxy) is 1. The second-order valence-electron chi connectivity index (χ2n) is 6.55. The Bertz CT molecular complexity index is 579. The molecule has 1 aliphatic rings. The molecule has 0 aliphatic carbocycles. The first-order valence-electron chi connectivity index (χ1n) is 8.74. The van der Waals surface area contributed by atoms with Crippen LogP contribution in [0.1, 0.15) is 12.8 Å². The van der Waals surface area contributed by atoms with Crippen LogP contribution in [0.4, 0.5) is 5.69 Å². The minimum absolute atomic E-state index is 0.351. The molecule has 0 saturated carbocycles. The average molecular weight is 368 g/mol. The molecule has 140 valence electrons. The smallest absolute Gasteiger partial charge is 0.191 e. The molecule has 1 aromatic carbocycles. The van der Waals surface area contributed by atoms with E-state index in [2.05, 4.69) is 39.5 Å². The largest absolute Gasteiger partial charge is 0.495 e. The van der Waals surface area contributed by atoms with Gasteiger partial charge in [-0.15, -0.1) is 0 Å². The molecule has 1 unspecified atom stereocenters. The summed E-state index contributed by atoms with van der Waals surface area (Å²) in [5.41, 5.74) is 1.05. The molecular formula is C18H30ClN5O. The summed E-state index contributed by atoms with van der Waals surface area (Å²) in [6, 6.07) is 6.10. The lowest BCUT2D eigenvalue weighted by Gasteiger charge is -2.22. The van der Waals surface area contributed by atoms with Gasteiger partial charge in [-0.2, -0.15) is 0 Å². The topological polar surface area (TPSA) is 52.1 Å². The van der Waals surface area contributed by atoms with Crippen LogP contribution in [0.25, 0.3) is 0 Å². The molecule has 0 aromatic heterocycles. The van der Waals surface area contributed by atoms with E-state index < -0.39 is 0 Å². The maximum absolute atomic E-state index is 6.16. The van der Waals surface area contributed by atoms with E-state index in [-0.39, 0.29) is 0 Å². The first kappa shape index (κ1) is 19.7. The highest BCUT2D eigenvalue weighted by Gasteiger charge is 2.25. The van der Waals surface area contributed by atoms with Gasteiger partial charge in [-0.3, -0.25) is 4.99 Å². The van der Waals surface area contributed by atoms with Crippen molar-refractivity contribution in [3.63, 3.8) is 0 Å². The highest BCUT2D eigenvalue weighted by molar-refractivity contribution is 6.30. The minimum atomic E-state index is 0.351. The van der Waals surface area contributed by atoms with Crippen LogP contribution in [0.5, 0.6) is 5.75 Å². The molecule has 6 nitrogen and oxygen atoms in total. The summed E-state index contributed by atoms with van der Waals surface area (Å²) in [4.78, 5) is 8.82. The van der Waals surface area contributed by atoms with E-state index in [0.717, 1.165) is 61.4 Å². The molecule has 1 aromatic rings. The highest BCUT2D eigenvalue weighted by Crippen LogP contribution is 2.33. The third-order valence-corrected chi connectivity index (χ3v) is 4.54. The number of hydrogen-bond donors (Lipinski definition) is 2. The van der Waals surface area contributed by atoms with Crippen molar-refractivity contribution in [3.8, 4) is 5.75 Å². The second-order valence-corrected chi connectivity index (χ2v) is 6.98. The number of nitrogens with zero attached hydrogens (tertiary/aromatic N) is 3. The number of aliphatic imine (C=N–C) groups is 1.